The summed E-state index contributed by atoms with van der Waals surface area (Å²) in [7, 11) is 0. The number of benzene rings is 1. The van der Waals surface area contributed by atoms with Gasteiger partial charge in [0, 0.05) is 26.1 Å². The maximum Gasteiger partial charge on any atom is 0.414 e. The van der Waals surface area contributed by atoms with E-state index in [1.807, 2.05) is 0 Å². The van der Waals surface area contributed by atoms with Crippen molar-refractivity contribution in [3.63, 3.8) is 0 Å². The van der Waals surface area contributed by atoms with E-state index < -0.39 is 36.6 Å². The first kappa shape index (κ1) is 26.3. The van der Waals surface area contributed by atoms with E-state index in [0.29, 0.717) is 25.3 Å². The van der Waals surface area contributed by atoms with Gasteiger partial charge in [-0.05, 0) is 24.6 Å². The number of aromatic nitrogens is 3. The van der Waals surface area contributed by atoms with Crippen molar-refractivity contribution in [1.29, 1.82) is 0 Å². The van der Waals surface area contributed by atoms with Gasteiger partial charge in [0.2, 0.25) is 0 Å². The van der Waals surface area contributed by atoms with Crippen LogP contribution in [0.1, 0.15) is 18.5 Å². The van der Waals surface area contributed by atoms with E-state index in [9.17, 15) is 23.2 Å². The standard InChI is InChI=1S/C22H26F3N7O5/c23-17-9-15(31-13-16(37-22(31)35)2-4-19(33)21(24)25)1-3-18(17)30-5-6-32(36-8-7-30)20(34)12-26-10-14-11-27-29-28-14/h1,3,9,11,16,21,26H,2,4-8,10,12-13H2,(H,27,28,29)/t16-/m0/s1. The second-order valence-corrected chi connectivity index (χ2v) is 8.44. The molecule has 2 amide bonds. The average molecular weight is 525 g/mol. The summed E-state index contributed by atoms with van der Waals surface area (Å²) < 4.78 is 45.0. The van der Waals surface area contributed by atoms with Crippen molar-refractivity contribution in [3.8, 4) is 0 Å². The minimum Gasteiger partial charge on any atom is -0.444 e. The Bertz CT molecular complexity index is 1100. The quantitative estimate of drug-likeness (QED) is 0.470. The number of halogens is 3. The van der Waals surface area contributed by atoms with Crippen LogP contribution in [0.4, 0.5) is 29.3 Å². The van der Waals surface area contributed by atoms with Crippen LogP contribution in [0.2, 0.25) is 0 Å². The Morgan fingerprint density at radius 1 is 1.24 bits per heavy atom. The van der Waals surface area contributed by atoms with Crippen molar-refractivity contribution in [2.45, 2.75) is 31.9 Å². The molecule has 0 bridgehead atoms. The van der Waals surface area contributed by atoms with Crippen LogP contribution < -0.4 is 15.1 Å². The maximum atomic E-state index is 15.1. The molecule has 0 radical (unpaired) electrons. The number of ketones is 1. The molecule has 3 heterocycles. The molecule has 0 unspecified atom stereocenters. The van der Waals surface area contributed by atoms with Gasteiger partial charge in [-0.1, -0.05) is 0 Å². The molecule has 12 nitrogen and oxygen atoms in total. The molecule has 2 aliphatic rings. The lowest BCUT2D eigenvalue weighted by Crippen LogP contribution is -2.39. The van der Waals surface area contributed by atoms with Crippen molar-refractivity contribution in [2.75, 3.05) is 49.1 Å². The number of hydrogen-bond donors (Lipinski definition) is 2. The second kappa shape index (κ2) is 12.0. The molecule has 37 heavy (non-hydrogen) atoms. The second-order valence-electron chi connectivity index (χ2n) is 8.44. The number of ether oxygens (including phenoxy) is 1. The number of Topliss-reactive ketones (excluding diaryl/α,β-unsaturated/α-hetero) is 1. The molecule has 15 heteroatoms. The number of hydroxylamine groups is 2. The topological polar surface area (TPSA) is 133 Å². The Hall–Kier alpha value is -3.72. The highest BCUT2D eigenvalue weighted by molar-refractivity contribution is 5.90. The van der Waals surface area contributed by atoms with E-state index >= 15 is 4.39 Å². The summed E-state index contributed by atoms with van der Waals surface area (Å²) in [6, 6.07) is 4.25. The van der Waals surface area contributed by atoms with E-state index in [0.717, 1.165) is 0 Å². The molecule has 2 N–H and O–H groups in total. The molecule has 0 saturated carbocycles. The predicted octanol–water partition coefficient (Wildman–Crippen LogP) is 1.25. The molecule has 1 aromatic heterocycles. The highest BCUT2D eigenvalue weighted by Gasteiger charge is 2.33. The fraction of sp³-hybridized carbons (Fsp3) is 0.500. The van der Waals surface area contributed by atoms with Crippen molar-refractivity contribution >= 4 is 29.2 Å². The van der Waals surface area contributed by atoms with E-state index in [2.05, 4.69) is 20.7 Å². The third kappa shape index (κ3) is 6.74. The molecule has 200 valence electrons. The SMILES string of the molecule is O=C(CC[C@H]1CN(c2ccc(N3CCON(C(=O)CNCc4cn[nH]n4)CC3)c(F)c2)C(=O)O1)C(F)F. The number of nitrogens with one attached hydrogen (secondary N) is 2. The van der Waals surface area contributed by atoms with Gasteiger partial charge >= 0.3 is 6.09 Å². The molecule has 2 saturated heterocycles. The Morgan fingerprint density at radius 3 is 2.81 bits per heavy atom. The number of aromatic amines is 1. The van der Waals surface area contributed by atoms with Gasteiger partial charge in [0.15, 0.2) is 5.78 Å². The summed E-state index contributed by atoms with van der Waals surface area (Å²) in [6.07, 6.45) is -3.45. The molecule has 0 spiro atoms. The molecule has 4 rings (SSSR count). The molecule has 1 atom stereocenters. The van der Waals surface area contributed by atoms with E-state index in [-0.39, 0.29) is 49.9 Å². The van der Waals surface area contributed by atoms with Gasteiger partial charge in [-0.2, -0.15) is 15.4 Å². The van der Waals surface area contributed by atoms with Gasteiger partial charge in [-0.25, -0.2) is 23.0 Å². The number of alkyl halides is 2. The summed E-state index contributed by atoms with van der Waals surface area (Å²) in [6.45, 7) is 1.43. The fourth-order valence-corrected chi connectivity index (χ4v) is 4.00. The Kier molecular flexibility index (Phi) is 8.55. The van der Waals surface area contributed by atoms with Gasteiger partial charge in [-0.15, -0.1) is 0 Å². The summed E-state index contributed by atoms with van der Waals surface area (Å²) >= 11 is 0. The van der Waals surface area contributed by atoms with Crippen LogP contribution >= 0.6 is 0 Å². The zero-order chi connectivity index (χ0) is 26.4. The maximum absolute atomic E-state index is 15.1. The van der Waals surface area contributed by atoms with Crippen LogP contribution in [0.3, 0.4) is 0 Å². The Labute approximate surface area is 209 Å². The van der Waals surface area contributed by atoms with Crippen LogP contribution in [0.15, 0.2) is 24.4 Å². The van der Waals surface area contributed by atoms with Crippen LogP contribution in [0.5, 0.6) is 0 Å². The van der Waals surface area contributed by atoms with Crippen LogP contribution in [-0.4, -0.2) is 90.1 Å². The van der Waals surface area contributed by atoms with Crippen molar-refractivity contribution in [1.82, 2.24) is 25.8 Å². The highest BCUT2D eigenvalue weighted by atomic mass is 19.3. The van der Waals surface area contributed by atoms with Gasteiger partial charge < -0.3 is 15.0 Å². The summed E-state index contributed by atoms with van der Waals surface area (Å²) in [5.74, 6) is -2.08. The van der Waals surface area contributed by atoms with Gasteiger partial charge in [-0.3, -0.25) is 19.3 Å². The number of cyclic esters (lactones) is 1. The Balaban J connectivity index is 1.30. The monoisotopic (exact) mass is 525 g/mol. The number of nitrogens with zero attached hydrogens (tertiary/aromatic N) is 5. The lowest BCUT2D eigenvalue weighted by molar-refractivity contribution is -0.180. The van der Waals surface area contributed by atoms with Crippen molar-refractivity contribution < 1.29 is 37.1 Å². The first-order valence-electron chi connectivity index (χ1n) is 11.6. The third-order valence-corrected chi connectivity index (χ3v) is 5.92. The van der Waals surface area contributed by atoms with Crippen molar-refractivity contribution in [3.05, 3.63) is 35.9 Å². The van der Waals surface area contributed by atoms with E-state index in [4.69, 9.17) is 9.57 Å². The largest absolute Gasteiger partial charge is 0.444 e. The Morgan fingerprint density at radius 2 is 2.08 bits per heavy atom. The molecule has 2 fully saturated rings. The van der Waals surface area contributed by atoms with Crippen LogP contribution in [0, 0.1) is 5.82 Å². The highest BCUT2D eigenvalue weighted by Crippen LogP contribution is 2.29. The van der Waals surface area contributed by atoms with Gasteiger partial charge in [0.1, 0.15) is 11.9 Å². The zero-order valence-corrected chi connectivity index (χ0v) is 19.7. The van der Waals surface area contributed by atoms with Crippen LogP contribution in [-0.2, 0) is 25.7 Å². The minimum atomic E-state index is -3.06. The van der Waals surface area contributed by atoms with Gasteiger partial charge in [0.05, 0.1) is 49.5 Å². The molecule has 0 aliphatic carbocycles. The molecule has 2 aromatic rings. The summed E-state index contributed by atoms with van der Waals surface area (Å²) in [4.78, 5) is 44.3. The van der Waals surface area contributed by atoms with Gasteiger partial charge in [0.25, 0.3) is 12.3 Å². The number of anilines is 2. The number of carbonyl (C=O) groups is 3. The number of hydrogen-bond acceptors (Lipinski definition) is 9. The summed E-state index contributed by atoms with van der Waals surface area (Å²) in [5.41, 5.74) is 1.18. The third-order valence-electron chi connectivity index (χ3n) is 5.92. The first-order valence-corrected chi connectivity index (χ1v) is 11.6. The minimum absolute atomic E-state index is 0.0213. The first-order chi connectivity index (χ1) is 17.8. The number of H-pyrrole nitrogens is 1. The van der Waals surface area contributed by atoms with Crippen LogP contribution in [0.25, 0.3) is 0 Å². The predicted molar refractivity (Wildman–Crippen MR) is 122 cm³/mol. The molecule has 1 aromatic carbocycles. The van der Waals surface area contributed by atoms with Crippen molar-refractivity contribution in [2.24, 2.45) is 0 Å². The zero-order valence-electron chi connectivity index (χ0n) is 19.7. The van der Waals surface area contributed by atoms with E-state index in [1.54, 1.807) is 17.2 Å². The molecular formula is C22H26F3N7O5. The van der Waals surface area contributed by atoms with E-state index in [1.165, 1.54) is 22.1 Å². The fourth-order valence-electron chi connectivity index (χ4n) is 4.00. The molecular weight excluding hydrogens is 499 g/mol. The lowest BCUT2D eigenvalue weighted by atomic mass is 10.1. The number of carbonyl (C=O) groups excluding carboxylic acids is 3. The molecule has 2 aliphatic heterocycles. The smallest absolute Gasteiger partial charge is 0.414 e. The lowest BCUT2D eigenvalue weighted by Gasteiger charge is -2.24. The number of rotatable bonds is 10. The summed E-state index contributed by atoms with van der Waals surface area (Å²) in [5, 5.41) is 14.3. The number of amides is 2. The average Bonchev–Trinajstić information content (AvgIpc) is 3.45. The normalized spacial score (nSPS) is 18.3.